The molecule has 8 heteroatoms. The molecular formula is C19H21N3O4S. The van der Waals surface area contributed by atoms with E-state index in [0.717, 1.165) is 29.7 Å². The first-order valence-corrected chi connectivity index (χ1v) is 9.35. The fourth-order valence-electron chi connectivity index (χ4n) is 2.94. The van der Waals surface area contributed by atoms with E-state index in [1.807, 2.05) is 0 Å². The molecule has 0 atom stereocenters. The highest BCUT2D eigenvalue weighted by atomic mass is 32.1. The third-order valence-corrected chi connectivity index (χ3v) is 5.54. The summed E-state index contributed by atoms with van der Waals surface area (Å²) in [5, 5.41) is 5.66. The number of urea groups is 1. The predicted octanol–water partition coefficient (Wildman–Crippen LogP) is 2.91. The lowest BCUT2D eigenvalue weighted by Crippen LogP contribution is -2.39. The molecule has 27 heavy (non-hydrogen) atoms. The summed E-state index contributed by atoms with van der Waals surface area (Å²) in [4.78, 5) is 39.6. The summed E-state index contributed by atoms with van der Waals surface area (Å²) in [5.74, 6) is -0.248. The van der Waals surface area contributed by atoms with Gasteiger partial charge in [0.1, 0.15) is 10.8 Å². The van der Waals surface area contributed by atoms with Gasteiger partial charge in [-0.2, -0.15) is 0 Å². The number of hydrogen-bond acceptors (Lipinski definition) is 5. The van der Waals surface area contributed by atoms with E-state index < -0.39 is 11.9 Å². The summed E-state index contributed by atoms with van der Waals surface area (Å²) in [7, 11) is 4.66. The molecular weight excluding hydrogens is 366 g/mol. The molecule has 0 saturated carbocycles. The Balaban J connectivity index is 1.88. The van der Waals surface area contributed by atoms with Crippen molar-refractivity contribution >= 4 is 34.2 Å². The molecule has 0 saturated heterocycles. The number of aryl methyl sites for hydroxylation is 1. The number of anilines is 1. The number of methoxy groups -OCH3 is 1. The van der Waals surface area contributed by atoms with E-state index in [2.05, 4.69) is 10.6 Å². The number of nitrogens with zero attached hydrogens (tertiary/aromatic N) is 1. The van der Waals surface area contributed by atoms with Gasteiger partial charge in [0.05, 0.1) is 12.7 Å². The summed E-state index contributed by atoms with van der Waals surface area (Å²) in [6.45, 7) is 0. The molecule has 7 nitrogen and oxygen atoms in total. The van der Waals surface area contributed by atoms with Crippen LogP contribution >= 0.6 is 11.3 Å². The Morgan fingerprint density at radius 1 is 1.15 bits per heavy atom. The Bertz CT molecular complexity index is 904. The largest absolute Gasteiger partial charge is 0.497 e. The molecule has 2 N–H and O–H groups in total. The second-order valence-electron chi connectivity index (χ2n) is 6.40. The molecule has 0 spiro atoms. The van der Waals surface area contributed by atoms with Gasteiger partial charge in [0.15, 0.2) is 0 Å². The third kappa shape index (κ3) is 3.95. The second kappa shape index (κ2) is 7.79. The highest BCUT2D eigenvalue weighted by Crippen LogP contribution is 2.39. The number of fused-ring (bicyclic) bond motifs is 1. The van der Waals surface area contributed by atoms with Crippen molar-refractivity contribution in [3.8, 4) is 5.75 Å². The smallest absolute Gasteiger partial charge is 0.323 e. The summed E-state index contributed by atoms with van der Waals surface area (Å²) < 4.78 is 5.15. The number of thiophene rings is 1. The molecule has 2 aromatic rings. The van der Waals surface area contributed by atoms with Crippen molar-refractivity contribution in [3.63, 3.8) is 0 Å². The molecule has 142 valence electrons. The van der Waals surface area contributed by atoms with Crippen LogP contribution in [0, 0.1) is 0 Å². The van der Waals surface area contributed by atoms with Crippen molar-refractivity contribution in [2.45, 2.75) is 19.3 Å². The van der Waals surface area contributed by atoms with Gasteiger partial charge in [0.25, 0.3) is 11.8 Å². The summed E-state index contributed by atoms with van der Waals surface area (Å²) in [6.07, 6.45) is 2.60. The van der Waals surface area contributed by atoms with E-state index in [1.165, 1.54) is 23.3 Å². The fourth-order valence-corrected chi connectivity index (χ4v) is 4.23. The maximum atomic E-state index is 12.7. The standard InChI is InChI=1S/C19H21N3O4S/c1-22(2)19(25)21-17(24)15-13-8-5-9-14(13)27-18(15)20-16(23)11-6-4-7-12(10-11)26-3/h4,6-7,10H,5,8-9H2,1-3H3,(H,20,23)(H,21,24,25). The molecule has 1 heterocycles. The predicted molar refractivity (Wildman–Crippen MR) is 104 cm³/mol. The zero-order valence-electron chi connectivity index (χ0n) is 15.4. The highest BCUT2D eigenvalue weighted by Gasteiger charge is 2.28. The van der Waals surface area contributed by atoms with Gasteiger partial charge in [-0.1, -0.05) is 6.07 Å². The van der Waals surface area contributed by atoms with Gasteiger partial charge in [-0.05, 0) is 43.0 Å². The van der Waals surface area contributed by atoms with Crippen LogP contribution in [0.15, 0.2) is 24.3 Å². The number of hydrogen-bond donors (Lipinski definition) is 2. The van der Waals surface area contributed by atoms with Crippen LogP contribution in [0.1, 0.15) is 37.6 Å². The average molecular weight is 387 g/mol. The lowest BCUT2D eigenvalue weighted by atomic mass is 10.1. The first-order chi connectivity index (χ1) is 12.9. The molecule has 0 radical (unpaired) electrons. The molecule has 0 fully saturated rings. The van der Waals surface area contributed by atoms with Crippen molar-refractivity contribution < 1.29 is 19.1 Å². The molecule has 1 aliphatic carbocycles. The van der Waals surface area contributed by atoms with Crippen LogP contribution in [0.4, 0.5) is 9.80 Å². The van der Waals surface area contributed by atoms with E-state index in [-0.39, 0.29) is 5.91 Å². The Kier molecular flexibility index (Phi) is 5.46. The van der Waals surface area contributed by atoms with E-state index in [0.29, 0.717) is 21.9 Å². The van der Waals surface area contributed by atoms with Crippen LogP contribution in [0.3, 0.4) is 0 Å². The second-order valence-corrected chi connectivity index (χ2v) is 7.51. The molecule has 3 rings (SSSR count). The van der Waals surface area contributed by atoms with Gasteiger partial charge in [0, 0.05) is 24.5 Å². The SMILES string of the molecule is COc1cccc(C(=O)Nc2sc3c(c2C(=O)NC(=O)N(C)C)CCC3)c1. The third-order valence-electron chi connectivity index (χ3n) is 4.33. The van der Waals surface area contributed by atoms with Crippen LogP contribution in [-0.2, 0) is 12.8 Å². The molecule has 0 aliphatic heterocycles. The Morgan fingerprint density at radius 2 is 1.93 bits per heavy atom. The Morgan fingerprint density at radius 3 is 2.63 bits per heavy atom. The van der Waals surface area contributed by atoms with Crippen LogP contribution in [-0.4, -0.2) is 44.0 Å². The fraction of sp³-hybridized carbons (Fsp3) is 0.316. The minimum atomic E-state index is -0.497. The van der Waals surface area contributed by atoms with Crippen molar-refractivity contribution in [1.82, 2.24) is 10.2 Å². The number of nitrogens with one attached hydrogen (secondary N) is 2. The number of imide groups is 1. The maximum absolute atomic E-state index is 12.7. The quantitative estimate of drug-likeness (QED) is 0.844. The normalized spacial score (nSPS) is 12.3. The zero-order chi connectivity index (χ0) is 19.6. The van der Waals surface area contributed by atoms with Crippen molar-refractivity contribution in [2.75, 3.05) is 26.5 Å². The van der Waals surface area contributed by atoms with Crippen LogP contribution in [0.2, 0.25) is 0 Å². The lowest BCUT2D eigenvalue weighted by molar-refractivity contribution is 0.0957. The molecule has 1 aromatic heterocycles. The van der Waals surface area contributed by atoms with Gasteiger partial charge in [-0.3, -0.25) is 14.9 Å². The average Bonchev–Trinajstić information content (AvgIpc) is 3.22. The molecule has 0 bridgehead atoms. The summed E-state index contributed by atoms with van der Waals surface area (Å²) in [6, 6.07) is 6.29. The van der Waals surface area contributed by atoms with E-state index in [1.54, 1.807) is 38.4 Å². The van der Waals surface area contributed by atoms with E-state index in [4.69, 9.17) is 4.74 Å². The van der Waals surface area contributed by atoms with Gasteiger partial charge in [0.2, 0.25) is 0 Å². The van der Waals surface area contributed by atoms with E-state index >= 15 is 0 Å². The van der Waals surface area contributed by atoms with Gasteiger partial charge >= 0.3 is 6.03 Å². The molecule has 1 aliphatic rings. The molecule has 1 aromatic carbocycles. The first-order valence-electron chi connectivity index (χ1n) is 8.53. The summed E-state index contributed by atoms with van der Waals surface area (Å²) >= 11 is 1.40. The number of benzene rings is 1. The van der Waals surface area contributed by atoms with Gasteiger partial charge in [-0.15, -0.1) is 11.3 Å². The van der Waals surface area contributed by atoms with Crippen molar-refractivity contribution in [2.24, 2.45) is 0 Å². The van der Waals surface area contributed by atoms with Gasteiger partial charge in [-0.25, -0.2) is 4.79 Å². The minimum absolute atomic E-state index is 0.332. The highest BCUT2D eigenvalue weighted by molar-refractivity contribution is 7.17. The molecule has 0 unspecified atom stereocenters. The summed E-state index contributed by atoms with van der Waals surface area (Å²) in [5.41, 5.74) is 1.74. The number of ether oxygens (including phenoxy) is 1. The number of rotatable bonds is 4. The Hall–Kier alpha value is -2.87. The van der Waals surface area contributed by atoms with Gasteiger partial charge < -0.3 is 15.0 Å². The Labute approximate surface area is 161 Å². The maximum Gasteiger partial charge on any atom is 0.323 e. The monoisotopic (exact) mass is 387 g/mol. The number of amides is 4. The van der Waals surface area contributed by atoms with Crippen LogP contribution in [0.5, 0.6) is 5.75 Å². The molecule has 4 amide bonds. The number of carbonyl (C=O) groups excluding carboxylic acids is 3. The zero-order valence-corrected chi connectivity index (χ0v) is 16.2. The van der Waals surface area contributed by atoms with Crippen molar-refractivity contribution in [3.05, 3.63) is 45.8 Å². The van der Waals surface area contributed by atoms with E-state index in [9.17, 15) is 14.4 Å². The van der Waals surface area contributed by atoms with Crippen molar-refractivity contribution in [1.29, 1.82) is 0 Å². The topological polar surface area (TPSA) is 87.7 Å². The number of carbonyl (C=O) groups is 3. The minimum Gasteiger partial charge on any atom is -0.497 e. The lowest BCUT2D eigenvalue weighted by Gasteiger charge is -2.12. The van der Waals surface area contributed by atoms with Crippen LogP contribution in [0.25, 0.3) is 0 Å². The van der Waals surface area contributed by atoms with Crippen LogP contribution < -0.4 is 15.4 Å². The first kappa shape index (κ1) is 18.9.